The van der Waals surface area contributed by atoms with Gasteiger partial charge in [-0.1, -0.05) is 6.07 Å². The van der Waals surface area contributed by atoms with Crippen molar-refractivity contribution in [2.75, 3.05) is 31.1 Å². The Morgan fingerprint density at radius 1 is 1.07 bits per heavy atom. The molecule has 1 heterocycles. The molecule has 30 heavy (non-hydrogen) atoms. The van der Waals surface area contributed by atoms with E-state index in [9.17, 15) is 23.1 Å². The van der Waals surface area contributed by atoms with E-state index in [-0.39, 0.29) is 5.75 Å². The van der Waals surface area contributed by atoms with E-state index in [2.05, 4.69) is 13.9 Å². The molecule has 9 heteroatoms. The molecule has 1 N–H and O–H groups in total. The molecular weight excluding hydrogens is 417 g/mol. The van der Waals surface area contributed by atoms with E-state index in [1.165, 1.54) is 12.1 Å². The number of hydrogen-bond acceptors (Lipinski definition) is 5. The Bertz CT molecular complexity index is 913. The highest BCUT2D eigenvalue weighted by Crippen LogP contribution is 2.37. The predicted octanol–water partition coefficient (Wildman–Crippen LogP) is 4.53. The van der Waals surface area contributed by atoms with Crippen LogP contribution in [-0.2, 0) is 11.2 Å². The van der Waals surface area contributed by atoms with Crippen LogP contribution in [0.3, 0.4) is 0 Å². The fourth-order valence-corrected chi connectivity index (χ4v) is 4.89. The lowest BCUT2D eigenvalue weighted by molar-refractivity contribution is -0.274. The molecule has 1 atom stereocenters. The first-order valence-electron chi connectivity index (χ1n) is 9.68. The molecule has 0 radical (unpaired) electrons. The summed E-state index contributed by atoms with van der Waals surface area (Å²) in [4.78, 5) is 14.6. The van der Waals surface area contributed by atoms with Gasteiger partial charge in [-0.3, -0.25) is 4.79 Å². The molecule has 2 aliphatic rings. The zero-order chi connectivity index (χ0) is 21.3. The summed E-state index contributed by atoms with van der Waals surface area (Å²) in [5.41, 5.74) is 2.90. The highest BCUT2D eigenvalue weighted by molar-refractivity contribution is 7.97. The van der Waals surface area contributed by atoms with Crippen LogP contribution in [0.15, 0.2) is 47.4 Å². The number of alkyl halides is 3. The van der Waals surface area contributed by atoms with E-state index >= 15 is 0 Å². The predicted molar refractivity (Wildman–Crippen MR) is 108 cm³/mol. The summed E-state index contributed by atoms with van der Waals surface area (Å²) in [5, 5.41) is 9.40. The van der Waals surface area contributed by atoms with Crippen LogP contribution in [0, 0.1) is 0 Å². The molecule has 1 aliphatic carbocycles. The summed E-state index contributed by atoms with van der Waals surface area (Å²) in [5.74, 6) is -1.41. The third-order valence-electron chi connectivity index (χ3n) is 5.40. The highest BCUT2D eigenvalue weighted by atomic mass is 32.2. The van der Waals surface area contributed by atoms with E-state index in [4.69, 9.17) is 0 Å². The SMILES string of the molecule is O=C(O)C1CCc2ccc(SN3CCN(c4ccc(OC(F)(F)F)cc4)CC3)cc21. The van der Waals surface area contributed by atoms with Crippen molar-refractivity contribution in [1.29, 1.82) is 0 Å². The topological polar surface area (TPSA) is 53.0 Å². The van der Waals surface area contributed by atoms with E-state index in [1.807, 2.05) is 18.2 Å². The number of carbonyl (C=O) groups is 1. The number of fused-ring (bicyclic) bond motifs is 1. The Morgan fingerprint density at radius 3 is 2.40 bits per heavy atom. The van der Waals surface area contributed by atoms with Gasteiger partial charge in [0.15, 0.2) is 0 Å². The number of anilines is 1. The van der Waals surface area contributed by atoms with E-state index in [0.29, 0.717) is 6.42 Å². The number of nitrogens with zero attached hydrogens (tertiary/aromatic N) is 2. The number of halogens is 3. The number of hydrogen-bond donors (Lipinski definition) is 1. The van der Waals surface area contributed by atoms with Crippen molar-refractivity contribution in [2.45, 2.75) is 30.0 Å². The number of ether oxygens (including phenoxy) is 1. The lowest BCUT2D eigenvalue weighted by Gasteiger charge is -2.35. The number of benzene rings is 2. The zero-order valence-corrected chi connectivity index (χ0v) is 16.9. The average Bonchev–Trinajstić information content (AvgIpc) is 3.12. The van der Waals surface area contributed by atoms with Gasteiger partial charge in [0, 0.05) is 36.8 Å². The Balaban J connectivity index is 1.33. The van der Waals surface area contributed by atoms with Crippen molar-refractivity contribution in [3.63, 3.8) is 0 Å². The maximum Gasteiger partial charge on any atom is 0.573 e. The quantitative estimate of drug-likeness (QED) is 0.693. The van der Waals surface area contributed by atoms with Crippen LogP contribution in [0.1, 0.15) is 23.5 Å². The number of piperazine rings is 1. The van der Waals surface area contributed by atoms with Crippen LogP contribution < -0.4 is 9.64 Å². The minimum atomic E-state index is -4.69. The first-order chi connectivity index (χ1) is 14.3. The van der Waals surface area contributed by atoms with Gasteiger partial charge in [-0.15, -0.1) is 13.2 Å². The average molecular weight is 438 g/mol. The van der Waals surface area contributed by atoms with Crippen molar-refractivity contribution in [2.24, 2.45) is 0 Å². The Hall–Kier alpha value is -2.39. The maximum atomic E-state index is 12.3. The van der Waals surface area contributed by atoms with Gasteiger partial charge in [-0.2, -0.15) is 0 Å². The van der Waals surface area contributed by atoms with Crippen LogP contribution in [0.5, 0.6) is 5.75 Å². The second-order valence-corrected chi connectivity index (χ2v) is 8.51. The molecule has 0 amide bonds. The standard InChI is InChI=1S/C21H21F3N2O3S/c22-21(23,24)29-16-5-3-15(4-6-16)25-9-11-26(12-10-25)30-17-7-1-14-2-8-18(20(27)28)19(14)13-17/h1,3-7,13,18H,2,8-12H2,(H,27,28). The molecule has 0 spiro atoms. The maximum absolute atomic E-state index is 12.3. The number of aliphatic carboxylic acids is 1. The fourth-order valence-electron chi connectivity index (χ4n) is 3.94. The molecular formula is C21H21F3N2O3S. The molecule has 0 bridgehead atoms. The number of rotatable bonds is 5. The smallest absolute Gasteiger partial charge is 0.481 e. The lowest BCUT2D eigenvalue weighted by Crippen LogP contribution is -2.43. The number of aryl methyl sites for hydroxylation is 1. The number of carboxylic acids is 1. The minimum absolute atomic E-state index is 0.225. The van der Waals surface area contributed by atoms with Crippen LogP contribution in [0.2, 0.25) is 0 Å². The molecule has 0 saturated carbocycles. The van der Waals surface area contributed by atoms with Crippen molar-refractivity contribution in [3.8, 4) is 5.75 Å². The largest absolute Gasteiger partial charge is 0.573 e. The Labute approximate surface area is 176 Å². The van der Waals surface area contributed by atoms with Gasteiger partial charge < -0.3 is 14.7 Å². The molecule has 2 aromatic carbocycles. The van der Waals surface area contributed by atoms with Gasteiger partial charge in [-0.05, 0) is 72.3 Å². The van der Waals surface area contributed by atoms with Gasteiger partial charge in [-0.25, -0.2) is 4.31 Å². The van der Waals surface area contributed by atoms with Crippen LogP contribution in [-0.4, -0.2) is 47.9 Å². The summed E-state index contributed by atoms with van der Waals surface area (Å²) in [6, 6.07) is 12.0. The normalized spacial score (nSPS) is 19.6. The number of carboxylic acid groups (broad SMARTS) is 1. The van der Waals surface area contributed by atoms with Crippen LogP contribution >= 0.6 is 11.9 Å². The van der Waals surface area contributed by atoms with Crippen LogP contribution in [0.4, 0.5) is 18.9 Å². The molecule has 1 aliphatic heterocycles. The first kappa shape index (κ1) is 20.9. The second kappa shape index (κ2) is 8.39. The van der Waals surface area contributed by atoms with Gasteiger partial charge in [0.2, 0.25) is 0 Å². The molecule has 1 saturated heterocycles. The van der Waals surface area contributed by atoms with Crippen molar-refractivity contribution in [3.05, 3.63) is 53.6 Å². The Morgan fingerprint density at radius 2 is 1.77 bits per heavy atom. The first-order valence-corrected chi connectivity index (χ1v) is 10.5. The molecule has 0 aromatic heterocycles. The van der Waals surface area contributed by atoms with Gasteiger partial charge in [0.25, 0.3) is 0 Å². The molecule has 1 fully saturated rings. The monoisotopic (exact) mass is 438 g/mol. The summed E-state index contributed by atoms with van der Waals surface area (Å²) >= 11 is 1.62. The molecule has 4 rings (SSSR count). The summed E-state index contributed by atoms with van der Waals surface area (Å²) in [7, 11) is 0. The third-order valence-corrected chi connectivity index (χ3v) is 6.49. The molecule has 5 nitrogen and oxygen atoms in total. The fraction of sp³-hybridized carbons (Fsp3) is 0.381. The summed E-state index contributed by atoms with van der Waals surface area (Å²) < 4.78 is 43.0. The third kappa shape index (κ3) is 4.84. The van der Waals surface area contributed by atoms with Gasteiger partial charge in [0.05, 0.1) is 5.92 Å². The Kier molecular flexibility index (Phi) is 5.84. The molecule has 2 aromatic rings. The van der Waals surface area contributed by atoms with Gasteiger partial charge in [0.1, 0.15) is 5.75 Å². The zero-order valence-electron chi connectivity index (χ0n) is 16.1. The summed E-state index contributed by atoms with van der Waals surface area (Å²) in [6.07, 6.45) is -3.22. The summed E-state index contributed by atoms with van der Waals surface area (Å²) in [6.45, 7) is 3.06. The molecule has 160 valence electrons. The lowest BCUT2D eigenvalue weighted by atomic mass is 10.0. The molecule has 1 unspecified atom stereocenters. The van der Waals surface area contributed by atoms with Gasteiger partial charge >= 0.3 is 12.3 Å². The highest BCUT2D eigenvalue weighted by Gasteiger charge is 2.31. The van der Waals surface area contributed by atoms with E-state index < -0.39 is 18.2 Å². The second-order valence-electron chi connectivity index (χ2n) is 7.34. The van der Waals surface area contributed by atoms with E-state index in [0.717, 1.165) is 54.3 Å². The van der Waals surface area contributed by atoms with E-state index in [1.54, 1.807) is 24.1 Å². The van der Waals surface area contributed by atoms with Crippen molar-refractivity contribution < 1.29 is 27.8 Å². The van der Waals surface area contributed by atoms with Crippen LogP contribution in [0.25, 0.3) is 0 Å². The minimum Gasteiger partial charge on any atom is -0.481 e. The van der Waals surface area contributed by atoms with Crippen molar-refractivity contribution >= 4 is 23.6 Å². The van der Waals surface area contributed by atoms with Crippen molar-refractivity contribution in [1.82, 2.24) is 4.31 Å².